The normalized spacial score (nSPS) is 10.9. The number of amides is 1. The lowest BCUT2D eigenvalue weighted by molar-refractivity contribution is 0.102. The summed E-state index contributed by atoms with van der Waals surface area (Å²) in [6.45, 7) is 3.91. The fourth-order valence-electron chi connectivity index (χ4n) is 2.26. The van der Waals surface area contributed by atoms with Crippen LogP contribution < -0.4 is 10.1 Å². The average molecular weight is 316 g/mol. The maximum atomic E-state index is 12.3. The zero-order valence-corrected chi connectivity index (χ0v) is 13.6. The van der Waals surface area contributed by atoms with Crippen molar-refractivity contribution in [2.75, 3.05) is 12.4 Å². The highest BCUT2D eigenvalue weighted by molar-refractivity contribution is 7.15. The Morgan fingerprint density at radius 1 is 1.36 bits per heavy atom. The molecule has 0 saturated carbocycles. The lowest BCUT2D eigenvalue weighted by Gasteiger charge is -2.02. The summed E-state index contributed by atoms with van der Waals surface area (Å²) < 4.78 is 6.95. The molecule has 0 saturated heterocycles. The highest BCUT2D eigenvalue weighted by atomic mass is 32.1. The smallest absolute Gasteiger partial charge is 0.257 e. The number of hydrogen-bond acceptors (Lipinski definition) is 5. The minimum Gasteiger partial charge on any atom is -0.481 e. The first-order valence-electron chi connectivity index (χ1n) is 6.75. The van der Waals surface area contributed by atoms with Crippen molar-refractivity contribution in [2.45, 2.75) is 13.8 Å². The van der Waals surface area contributed by atoms with Gasteiger partial charge in [-0.1, -0.05) is 0 Å². The Bertz CT molecular complexity index is 846. The molecule has 0 aliphatic heterocycles. The number of ether oxygens (including phenoxy) is 1. The van der Waals surface area contributed by atoms with E-state index in [9.17, 15) is 4.79 Å². The van der Waals surface area contributed by atoms with Crippen LogP contribution in [0, 0.1) is 13.8 Å². The molecule has 7 heteroatoms. The van der Waals surface area contributed by atoms with E-state index in [1.54, 1.807) is 31.0 Å². The SMILES string of the molecule is COc1c2ccc(C(=O)Nc3nc(C)c(C)s3)cc2nn1C. The van der Waals surface area contributed by atoms with Gasteiger partial charge in [0.2, 0.25) is 5.88 Å². The third-order valence-electron chi connectivity index (χ3n) is 3.48. The molecule has 3 rings (SSSR count). The molecule has 0 fully saturated rings. The molecule has 1 amide bonds. The van der Waals surface area contributed by atoms with Gasteiger partial charge >= 0.3 is 0 Å². The van der Waals surface area contributed by atoms with E-state index in [-0.39, 0.29) is 5.91 Å². The quantitative estimate of drug-likeness (QED) is 0.806. The third-order valence-corrected chi connectivity index (χ3v) is 4.47. The van der Waals surface area contributed by atoms with E-state index in [1.807, 2.05) is 19.9 Å². The first-order chi connectivity index (χ1) is 10.5. The molecule has 114 valence electrons. The van der Waals surface area contributed by atoms with E-state index >= 15 is 0 Å². The monoisotopic (exact) mass is 316 g/mol. The van der Waals surface area contributed by atoms with Crippen LogP contribution in [0.2, 0.25) is 0 Å². The van der Waals surface area contributed by atoms with Crippen molar-refractivity contribution < 1.29 is 9.53 Å². The second-order valence-corrected chi connectivity index (χ2v) is 6.18. The van der Waals surface area contributed by atoms with Crippen molar-refractivity contribution in [1.29, 1.82) is 0 Å². The first kappa shape index (κ1) is 14.5. The van der Waals surface area contributed by atoms with Crippen molar-refractivity contribution in [3.05, 3.63) is 34.3 Å². The molecular weight excluding hydrogens is 300 g/mol. The number of anilines is 1. The van der Waals surface area contributed by atoms with Gasteiger partial charge in [0, 0.05) is 17.5 Å². The first-order valence-corrected chi connectivity index (χ1v) is 7.57. The topological polar surface area (TPSA) is 69.0 Å². The molecule has 0 unspecified atom stereocenters. The molecule has 22 heavy (non-hydrogen) atoms. The zero-order valence-electron chi connectivity index (χ0n) is 12.8. The molecule has 3 aromatic rings. The van der Waals surface area contributed by atoms with Crippen molar-refractivity contribution in [2.24, 2.45) is 7.05 Å². The van der Waals surface area contributed by atoms with Gasteiger partial charge in [0.25, 0.3) is 5.91 Å². The van der Waals surface area contributed by atoms with Gasteiger partial charge in [0.15, 0.2) is 5.13 Å². The van der Waals surface area contributed by atoms with Gasteiger partial charge in [-0.3, -0.25) is 10.1 Å². The maximum Gasteiger partial charge on any atom is 0.257 e. The fourth-order valence-corrected chi connectivity index (χ4v) is 3.07. The Morgan fingerprint density at radius 2 is 2.14 bits per heavy atom. The van der Waals surface area contributed by atoms with Crippen LogP contribution in [0.4, 0.5) is 5.13 Å². The molecule has 6 nitrogen and oxygen atoms in total. The van der Waals surface area contributed by atoms with Crippen LogP contribution in [0.3, 0.4) is 0 Å². The number of benzene rings is 1. The summed E-state index contributed by atoms with van der Waals surface area (Å²) in [5.41, 5.74) is 2.20. The summed E-state index contributed by atoms with van der Waals surface area (Å²) in [5, 5.41) is 8.66. The number of thiazole rings is 1. The van der Waals surface area contributed by atoms with Gasteiger partial charge in [0.1, 0.15) is 0 Å². The largest absolute Gasteiger partial charge is 0.481 e. The second kappa shape index (κ2) is 5.42. The Labute approximate surface area is 131 Å². The van der Waals surface area contributed by atoms with Gasteiger partial charge in [-0.2, -0.15) is 5.10 Å². The van der Waals surface area contributed by atoms with Gasteiger partial charge < -0.3 is 4.74 Å². The number of methoxy groups -OCH3 is 1. The molecular formula is C15H16N4O2S. The highest BCUT2D eigenvalue weighted by Gasteiger charge is 2.14. The lowest BCUT2D eigenvalue weighted by Crippen LogP contribution is -2.11. The number of carbonyl (C=O) groups excluding carboxylic acids is 1. The van der Waals surface area contributed by atoms with Crippen molar-refractivity contribution in [3.8, 4) is 5.88 Å². The number of aromatic nitrogens is 3. The number of aryl methyl sites for hydroxylation is 3. The lowest BCUT2D eigenvalue weighted by atomic mass is 10.1. The van der Waals surface area contributed by atoms with E-state index in [4.69, 9.17) is 4.74 Å². The van der Waals surface area contributed by atoms with Crippen LogP contribution >= 0.6 is 11.3 Å². The Kier molecular flexibility index (Phi) is 3.58. The van der Waals surface area contributed by atoms with Crippen molar-refractivity contribution in [3.63, 3.8) is 0 Å². The van der Waals surface area contributed by atoms with Crippen LogP contribution in [0.5, 0.6) is 5.88 Å². The van der Waals surface area contributed by atoms with Gasteiger partial charge in [-0.25, -0.2) is 9.67 Å². The Morgan fingerprint density at radius 3 is 2.77 bits per heavy atom. The van der Waals surface area contributed by atoms with E-state index in [0.29, 0.717) is 16.6 Å². The highest BCUT2D eigenvalue weighted by Crippen LogP contribution is 2.26. The average Bonchev–Trinajstić information content (AvgIpc) is 2.96. The third kappa shape index (κ3) is 2.43. The predicted octanol–water partition coefficient (Wildman–Crippen LogP) is 2.91. The Balaban J connectivity index is 1.91. The van der Waals surface area contributed by atoms with E-state index in [2.05, 4.69) is 15.4 Å². The van der Waals surface area contributed by atoms with Gasteiger partial charge in [0.05, 0.1) is 23.7 Å². The summed E-state index contributed by atoms with van der Waals surface area (Å²) in [5.74, 6) is 0.480. The van der Waals surface area contributed by atoms with E-state index in [1.165, 1.54) is 11.3 Å². The molecule has 0 atom stereocenters. The number of carbonyl (C=O) groups is 1. The molecule has 0 aliphatic carbocycles. The molecule has 2 heterocycles. The van der Waals surface area contributed by atoms with Crippen molar-refractivity contribution >= 4 is 33.3 Å². The van der Waals surface area contributed by atoms with Crippen LogP contribution in [0.1, 0.15) is 20.9 Å². The van der Waals surface area contributed by atoms with Gasteiger partial charge in [-0.15, -0.1) is 11.3 Å². The number of nitrogens with zero attached hydrogens (tertiary/aromatic N) is 3. The molecule has 0 radical (unpaired) electrons. The number of hydrogen-bond donors (Lipinski definition) is 1. The minimum atomic E-state index is -0.194. The number of fused-ring (bicyclic) bond motifs is 1. The number of rotatable bonds is 3. The molecule has 0 bridgehead atoms. The van der Waals surface area contributed by atoms with E-state index < -0.39 is 0 Å². The molecule has 0 spiro atoms. The standard InChI is InChI=1S/C15H16N4O2S/c1-8-9(2)22-15(16-8)17-13(20)10-5-6-11-12(7-10)18-19(3)14(11)21-4/h5-7H,1-4H3,(H,16,17,20). The fraction of sp³-hybridized carbons (Fsp3) is 0.267. The minimum absolute atomic E-state index is 0.194. The van der Waals surface area contributed by atoms with Crippen LogP contribution in [0.15, 0.2) is 18.2 Å². The van der Waals surface area contributed by atoms with Crippen LogP contribution in [-0.2, 0) is 7.05 Å². The summed E-state index contributed by atoms with van der Waals surface area (Å²) in [6.07, 6.45) is 0. The summed E-state index contributed by atoms with van der Waals surface area (Å²) in [4.78, 5) is 17.7. The number of nitrogens with one attached hydrogen (secondary N) is 1. The second-order valence-electron chi connectivity index (χ2n) is 4.98. The van der Waals surface area contributed by atoms with Gasteiger partial charge in [-0.05, 0) is 32.0 Å². The summed E-state index contributed by atoms with van der Waals surface area (Å²) in [7, 11) is 3.41. The molecule has 2 aromatic heterocycles. The molecule has 1 aromatic carbocycles. The van der Waals surface area contributed by atoms with Crippen LogP contribution in [-0.4, -0.2) is 27.8 Å². The maximum absolute atomic E-state index is 12.3. The predicted molar refractivity (Wildman–Crippen MR) is 86.8 cm³/mol. The zero-order chi connectivity index (χ0) is 15.9. The summed E-state index contributed by atoms with van der Waals surface area (Å²) in [6, 6.07) is 5.35. The summed E-state index contributed by atoms with van der Waals surface area (Å²) >= 11 is 1.47. The molecule has 1 N–H and O–H groups in total. The van der Waals surface area contributed by atoms with E-state index in [0.717, 1.165) is 21.5 Å². The van der Waals surface area contributed by atoms with Crippen LogP contribution in [0.25, 0.3) is 10.9 Å². The Hall–Kier alpha value is -2.41. The van der Waals surface area contributed by atoms with Crippen molar-refractivity contribution in [1.82, 2.24) is 14.8 Å². The molecule has 0 aliphatic rings.